The van der Waals surface area contributed by atoms with Gasteiger partial charge in [0.15, 0.2) is 0 Å². The number of amides is 2. The van der Waals surface area contributed by atoms with E-state index >= 15 is 0 Å². The van der Waals surface area contributed by atoms with E-state index in [2.05, 4.69) is 6.07 Å². The summed E-state index contributed by atoms with van der Waals surface area (Å²) in [4.78, 5) is 28.3. The lowest BCUT2D eigenvalue weighted by Gasteiger charge is -2.36. The molecule has 2 amide bonds. The number of carbonyl (C=O) groups excluding carboxylic acids is 2. The quantitative estimate of drug-likeness (QED) is 0.748. The van der Waals surface area contributed by atoms with Gasteiger partial charge in [-0.05, 0) is 25.0 Å². The summed E-state index contributed by atoms with van der Waals surface area (Å²) in [6.07, 6.45) is 2.20. The summed E-state index contributed by atoms with van der Waals surface area (Å²) >= 11 is 0. The molecule has 0 N–H and O–H groups in total. The number of sulfonamides is 1. The number of nitriles is 1. The van der Waals surface area contributed by atoms with E-state index < -0.39 is 16.1 Å². The summed E-state index contributed by atoms with van der Waals surface area (Å²) < 4.78 is 24.9. The Balaban J connectivity index is 1.74. The maximum Gasteiger partial charge on any atom is 0.246 e. The van der Waals surface area contributed by atoms with Crippen molar-refractivity contribution >= 4 is 27.5 Å². The van der Waals surface area contributed by atoms with Gasteiger partial charge in [-0.1, -0.05) is 12.1 Å². The van der Waals surface area contributed by atoms with Crippen LogP contribution < -0.4 is 4.90 Å². The molecule has 0 radical (unpaired) electrons. The van der Waals surface area contributed by atoms with Crippen molar-refractivity contribution in [3.63, 3.8) is 0 Å². The van der Waals surface area contributed by atoms with Gasteiger partial charge < -0.3 is 9.80 Å². The number of benzene rings is 1. The minimum Gasteiger partial charge on any atom is -0.330 e. The van der Waals surface area contributed by atoms with Crippen LogP contribution in [0.25, 0.3) is 0 Å². The highest BCUT2D eigenvalue weighted by molar-refractivity contribution is 7.88. The number of piperazine rings is 1. The van der Waals surface area contributed by atoms with Gasteiger partial charge in [-0.2, -0.15) is 9.57 Å². The minimum absolute atomic E-state index is 0.118. The molecule has 1 aromatic carbocycles. The van der Waals surface area contributed by atoms with Gasteiger partial charge in [0.25, 0.3) is 0 Å². The molecule has 26 heavy (non-hydrogen) atoms. The molecule has 2 aliphatic heterocycles. The molecule has 2 saturated heterocycles. The number of rotatable bonds is 3. The van der Waals surface area contributed by atoms with E-state index in [1.807, 2.05) is 0 Å². The van der Waals surface area contributed by atoms with Crippen molar-refractivity contribution in [1.82, 2.24) is 9.21 Å². The fourth-order valence-electron chi connectivity index (χ4n) is 3.51. The van der Waals surface area contributed by atoms with Crippen LogP contribution in [0, 0.1) is 11.3 Å². The molecule has 0 unspecified atom stereocenters. The van der Waals surface area contributed by atoms with Crippen LogP contribution >= 0.6 is 0 Å². The molecular formula is C17H20N4O4S. The van der Waals surface area contributed by atoms with Crippen molar-refractivity contribution < 1.29 is 18.0 Å². The van der Waals surface area contributed by atoms with Gasteiger partial charge in [-0.25, -0.2) is 8.42 Å². The van der Waals surface area contributed by atoms with Crippen LogP contribution in [0.3, 0.4) is 0 Å². The van der Waals surface area contributed by atoms with Gasteiger partial charge in [-0.3, -0.25) is 9.59 Å². The second kappa shape index (κ2) is 7.05. The van der Waals surface area contributed by atoms with Crippen LogP contribution in [-0.4, -0.2) is 67.9 Å². The average molecular weight is 376 g/mol. The fourth-order valence-corrected chi connectivity index (χ4v) is 4.63. The SMILES string of the molecule is CS(=O)(=O)N1CCC[C@H]1C(=O)N1CCN(c2ccccc2C#N)C(=O)C1. The van der Waals surface area contributed by atoms with Gasteiger partial charge in [0.05, 0.1) is 17.5 Å². The van der Waals surface area contributed by atoms with Crippen molar-refractivity contribution in [3.8, 4) is 6.07 Å². The van der Waals surface area contributed by atoms with Crippen molar-refractivity contribution in [2.24, 2.45) is 0 Å². The zero-order valence-electron chi connectivity index (χ0n) is 14.5. The Labute approximate surface area is 152 Å². The maximum absolute atomic E-state index is 12.8. The highest BCUT2D eigenvalue weighted by atomic mass is 32.2. The topological polar surface area (TPSA) is 102 Å². The number of nitrogens with zero attached hydrogens (tertiary/aromatic N) is 4. The smallest absolute Gasteiger partial charge is 0.246 e. The Kier molecular flexibility index (Phi) is 4.98. The van der Waals surface area contributed by atoms with Crippen LogP contribution in [0.5, 0.6) is 0 Å². The van der Waals surface area contributed by atoms with Gasteiger partial charge in [0.2, 0.25) is 21.8 Å². The van der Waals surface area contributed by atoms with Crippen LogP contribution in [0.2, 0.25) is 0 Å². The molecule has 1 aromatic rings. The molecule has 0 saturated carbocycles. The monoisotopic (exact) mass is 376 g/mol. The van der Waals surface area contributed by atoms with Gasteiger partial charge in [-0.15, -0.1) is 0 Å². The first-order valence-electron chi connectivity index (χ1n) is 8.38. The van der Waals surface area contributed by atoms with Gasteiger partial charge >= 0.3 is 0 Å². The number of hydrogen-bond donors (Lipinski definition) is 0. The van der Waals surface area contributed by atoms with E-state index in [0.29, 0.717) is 37.2 Å². The Hall–Kier alpha value is -2.44. The maximum atomic E-state index is 12.8. The van der Waals surface area contributed by atoms with Crippen molar-refractivity contribution in [3.05, 3.63) is 29.8 Å². The Bertz CT molecular complexity index is 877. The molecule has 3 rings (SSSR count). The lowest BCUT2D eigenvalue weighted by atomic mass is 10.1. The Morgan fingerprint density at radius 3 is 2.62 bits per heavy atom. The molecule has 138 valence electrons. The lowest BCUT2D eigenvalue weighted by Crippen LogP contribution is -2.56. The molecule has 0 spiro atoms. The van der Waals surface area contributed by atoms with Crippen LogP contribution in [0.1, 0.15) is 18.4 Å². The fraction of sp³-hybridized carbons (Fsp3) is 0.471. The number of carbonyl (C=O) groups is 2. The molecule has 1 atom stereocenters. The van der Waals surface area contributed by atoms with E-state index in [1.165, 1.54) is 14.1 Å². The predicted molar refractivity (Wildman–Crippen MR) is 94.7 cm³/mol. The average Bonchev–Trinajstić information content (AvgIpc) is 3.11. The van der Waals surface area contributed by atoms with E-state index in [4.69, 9.17) is 0 Å². The number of para-hydroxylation sites is 1. The molecule has 8 nitrogen and oxygen atoms in total. The zero-order valence-corrected chi connectivity index (χ0v) is 15.3. The Morgan fingerprint density at radius 2 is 1.96 bits per heavy atom. The molecule has 9 heteroatoms. The second-order valence-corrected chi connectivity index (χ2v) is 8.40. The van der Waals surface area contributed by atoms with E-state index in [-0.39, 0.29) is 24.9 Å². The molecule has 0 aliphatic carbocycles. The van der Waals surface area contributed by atoms with Crippen molar-refractivity contribution in [2.75, 3.05) is 37.3 Å². The van der Waals surface area contributed by atoms with Crippen molar-refractivity contribution in [2.45, 2.75) is 18.9 Å². The lowest BCUT2D eigenvalue weighted by molar-refractivity contribution is -0.139. The largest absolute Gasteiger partial charge is 0.330 e. The van der Waals surface area contributed by atoms with Crippen LogP contribution in [0.15, 0.2) is 24.3 Å². The third kappa shape index (κ3) is 3.43. The minimum atomic E-state index is -3.46. The normalized spacial score (nSPS) is 21.7. The number of anilines is 1. The predicted octanol–water partition coefficient (Wildman–Crippen LogP) is 0.157. The summed E-state index contributed by atoms with van der Waals surface area (Å²) in [7, 11) is -3.46. The van der Waals surface area contributed by atoms with Crippen molar-refractivity contribution in [1.29, 1.82) is 5.26 Å². The summed E-state index contributed by atoms with van der Waals surface area (Å²) in [5.41, 5.74) is 0.936. The molecule has 2 fully saturated rings. The first kappa shape index (κ1) is 18.4. The van der Waals surface area contributed by atoms with E-state index in [1.54, 1.807) is 24.3 Å². The van der Waals surface area contributed by atoms with Crippen LogP contribution in [-0.2, 0) is 19.6 Å². The molecular weight excluding hydrogens is 356 g/mol. The third-order valence-corrected chi connectivity index (χ3v) is 6.05. The molecule has 0 aromatic heterocycles. The Morgan fingerprint density at radius 1 is 1.23 bits per heavy atom. The highest BCUT2D eigenvalue weighted by Gasteiger charge is 2.40. The zero-order chi connectivity index (χ0) is 18.9. The molecule has 2 aliphatic rings. The first-order chi connectivity index (χ1) is 12.3. The van der Waals surface area contributed by atoms with Gasteiger partial charge in [0, 0.05) is 19.6 Å². The standard InChI is InChI=1S/C17H20N4O4S/c1-26(24,25)21-8-4-7-15(21)17(23)19-9-10-20(16(22)12-19)14-6-3-2-5-13(14)11-18/h2-3,5-6,15H,4,7-10,12H2,1H3/t15-/m0/s1. The van der Waals surface area contributed by atoms with E-state index in [0.717, 1.165) is 6.26 Å². The number of hydrogen-bond acceptors (Lipinski definition) is 5. The summed E-state index contributed by atoms with van der Waals surface area (Å²) in [5.74, 6) is -0.606. The first-order valence-corrected chi connectivity index (χ1v) is 10.2. The van der Waals surface area contributed by atoms with Gasteiger partial charge in [0.1, 0.15) is 18.7 Å². The summed E-state index contributed by atoms with van der Waals surface area (Å²) in [5, 5.41) is 9.21. The molecule has 2 heterocycles. The third-order valence-electron chi connectivity index (χ3n) is 4.76. The van der Waals surface area contributed by atoms with E-state index in [9.17, 15) is 23.3 Å². The summed E-state index contributed by atoms with van der Waals surface area (Å²) in [6, 6.07) is 8.17. The second-order valence-electron chi connectivity index (χ2n) is 6.47. The highest BCUT2D eigenvalue weighted by Crippen LogP contribution is 2.25. The molecule has 0 bridgehead atoms. The van der Waals surface area contributed by atoms with Crippen LogP contribution in [0.4, 0.5) is 5.69 Å². The summed E-state index contributed by atoms with van der Waals surface area (Å²) in [6.45, 7) is 0.790.